The van der Waals surface area contributed by atoms with Crippen LogP contribution in [0.1, 0.15) is 57.9 Å². The fourth-order valence-corrected chi connectivity index (χ4v) is 3.99. The number of rotatable bonds is 8. The smallest absolute Gasteiger partial charge is 0.225 e. The predicted molar refractivity (Wildman–Crippen MR) is 109 cm³/mol. The van der Waals surface area contributed by atoms with Crippen molar-refractivity contribution in [3.8, 4) is 0 Å². The standard InChI is InChI=1S/C23H34N2O/c1-19(17-21-10-4-3-5-11-21)18-25(23(26)22-12-13-22)16-8-15-24-14-7-6-9-20(24)2/h3-5,10-11,17,20,22H,6-9,12-16,18H2,1-2H3/b19-17+. The summed E-state index contributed by atoms with van der Waals surface area (Å²) < 4.78 is 0. The maximum absolute atomic E-state index is 12.7. The third kappa shape index (κ3) is 5.70. The Labute approximate surface area is 159 Å². The minimum absolute atomic E-state index is 0.299. The van der Waals surface area contributed by atoms with Crippen LogP contribution in [-0.2, 0) is 4.79 Å². The fraction of sp³-hybridized carbons (Fsp3) is 0.609. The van der Waals surface area contributed by atoms with Gasteiger partial charge in [0.25, 0.3) is 0 Å². The highest BCUT2D eigenvalue weighted by molar-refractivity contribution is 5.81. The number of carbonyl (C=O) groups excluding carboxylic acids is 1. The molecule has 2 fully saturated rings. The third-order valence-electron chi connectivity index (χ3n) is 5.71. The fourth-order valence-electron chi connectivity index (χ4n) is 3.99. The molecule has 0 N–H and O–H groups in total. The van der Waals surface area contributed by atoms with Crippen LogP contribution in [0.3, 0.4) is 0 Å². The molecule has 0 radical (unpaired) electrons. The zero-order valence-corrected chi connectivity index (χ0v) is 16.5. The summed E-state index contributed by atoms with van der Waals surface area (Å²) in [5, 5.41) is 0. The summed E-state index contributed by atoms with van der Waals surface area (Å²) in [5.41, 5.74) is 2.47. The lowest BCUT2D eigenvalue weighted by Gasteiger charge is -2.34. The molecule has 3 heteroatoms. The van der Waals surface area contributed by atoms with E-state index in [1.54, 1.807) is 0 Å². The molecule has 1 heterocycles. The Morgan fingerprint density at radius 2 is 1.96 bits per heavy atom. The molecule has 26 heavy (non-hydrogen) atoms. The van der Waals surface area contributed by atoms with Crippen LogP contribution in [0.4, 0.5) is 0 Å². The maximum Gasteiger partial charge on any atom is 0.225 e. The van der Waals surface area contributed by atoms with Crippen LogP contribution in [0.15, 0.2) is 35.9 Å². The predicted octanol–water partition coefficient (Wildman–Crippen LogP) is 4.59. The molecule has 3 rings (SSSR count). The second-order valence-corrected chi connectivity index (χ2v) is 8.17. The van der Waals surface area contributed by atoms with Gasteiger partial charge in [0.2, 0.25) is 5.91 Å². The van der Waals surface area contributed by atoms with Gasteiger partial charge in [-0.2, -0.15) is 0 Å². The number of hydrogen-bond acceptors (Lipinski definition) is 2. The maximum atomic E-state index is 12.7. The van der Waals surface area contributed by atoms with Gasteiger partial charge in [0, 0.05) is 31.6 Å². The number of amides is 1. The molecule has 142 valence electrons. The average Bonchev–Trinajstić information content (AvgIpc) is 3.48. The number of piperidine rings is 1. The van der Waals surface area contributed by atoms with Crippen molar-refractivity contribution in [3.05, 3.63) is 41.5 Å². The highest BCUT2D eigenvalue weighted by Crippen LogP contribution is 2.31. The zero-order valence-electron chi connectivity index (χ0n) is 16.5. The normalized spacial score (nSPS) is 21.6. The van der Waals surface area contributed by atoms with Crippen molar-refractivity contribution in [3.63, 3.8) is 0 Å². The monoisotopic (exact) mass is 354 g/mol. The molecule has 1 aromatic carbocycles. The highest BCUT2D eigenvalue weighted by Gasteiger charge is 2.33. The zero-order chi connectivity index (χ0) is 18.4. The van der Waals surface area contributed by atoms with Crippen molar-refractivity contribution in [2.75, 3.05) is 26.2 Å². The van der Waals surface area contributed by atoms with E-state index in [9.17, 15) is 4.79 Å². The number of benzene rings is 1. The molecule has 1 aromatic rings. The van der Waals surface area contributed by atoms with Crippen LogP contribution in [0.5, 0.6) is 0 Å². The lowest BCUT2D eigenvalue weighted by atomic mass is 10.0. The molecule has 1 saturated carbocycles. The molecule has 1 aliphatic carbocycles. The van der Waals surface area contributed by atoms with Gasteiger partial charge in [0.15, 0.2) is 0 Å². The van der Waals surface area contributed by atoms with Crippen LogP contribution in [0.2, 0.25) is 0 Å². The van der Waals surface area contributed by atoms with Crippen LogP contribution < -0.4 is 0 Å². The lowest BCUT2D eigenvalue weighted by molar-refractivity contribution is -0.132. The van der Waals surface area contributed by atoms with Crippen molar-refractivity contribution in [2.45, 2.75) is 58.4 Å². The van der Waals surface area contributed by atoms with E-state index in [1.807, 2.05) is 6.07 Å². The molecule has 1 unspecified atom stereocenters. The average molecular weight is 355 g/mol. The molecule has 0 bridgehead atoms. The molecule has 1 atom stereocenters. The Hall–Kier alpha value is -1.61. The van der Waals surface area contributed by atoms with Crippen molar-refractivity contribution < 1.29 is 4.79 Å². The van der Waals surface area contributed by atoms with Gasteiger partial charge in [-0.25, -0.2) is 0 Å². The number of nitrogens with zero attached hydrogens (tertiary/aromatic N) is 2. The van der Waals surface area contributed by atoms with E-state index in [4.69, 9.17) is 0 Å². The molecule has 1 amide bonds. The molecule has 0 spiro atoms. The van der Waals surface area contributed by atoms with Gasteiger partial charge in [0.1, 0.15) is 0 Å². The van der Waals surface area contributed by atoms with Gasteiger partial charge < -0.3 is 9.80 Å². The number of hydrogen-bond donors (Lipinski definition) is 0. The summed E-state index contributed by atoms with van der Waals surface area (Å²) in [7, 11) is 0. The Morgan fingerprint density at radius 1 is 1.19 bits per heavy atom. The number of likely N-dealkylation sites (tertiary alicyclic amines) is 1. The first-order chi connectivity index (χ1) is 12.6. The van der Waals surface area contributed by atoms with Gasteiger partial charge in [-0.1, -0.05) is 48.4 Å². The van der Waals surface area contributed by atoms with E-state index < -0.39 is 0 Å². The van der Waals surface area contributed by atoms with Gasteiger partial charge in [0.05, 0.1) is 0 Å². The quantitative estimate of drug-likeness (QED) is 0.681. The topological polar surface area (TPSA) is 23.6 Å². The summed E-state index contributed by atoms with van der Waals surface area (Å²) in [6.45, 7) is 8.49. The van der Waals surface area contributed by atoms with Crippen LogP contribution in [0, 0.1) is 5.92 Å². The van der Waals surface area contributed by atoms with Crippen LogP contribution in [0.25, 0.3) is 6.08 Å². The second kappa shape index (κ2) is 9.36. The summed E-state index contributed by atoms with van der Waals surface area (Å²) in [6.07, 6.45) is 9.48. The Morgan fingerprint density at radius 3 is 2.65 bits per heavy atom. The highest BCUT2D eigenvalue weighted by atomic mass is 16.2. The van der Waals surface area contributed by atoms with Crippen molar-refractivity contribution in [1.82, 2.24) is 9.80 Å². The van der Waals surface area contributed by atoms with Crippen LogP contribution >= 0.6 is 0 Å². The molecule has 0 aromatic heterocycles. The molecule has 1 aliphatic heterocycles. The van der Waals surface area contributed by atoms with Gasteiger partial charge in [-0.3, -0.25) is 4.79 Å². The van der Waals surface area contributed by atoms with Gasteiger partial charge in [-0.05, 0) is 58.1 Å². The van der Waals surface area contributed by atoms with Crippen LogP contribution in [-0.4, -0.2) is 47.9 Å². The minimum Gasteiger partial charge on any atom is -0.338 e. The lowest BCUT2D eigenvalue weighted by Crippen LogP contribution is -2.40. The van der Waals surface area contributed by atoms with Gasteiger partial charge >= 0.3 is 0 Å². The van der Waals surface area contributed by atoms with Gasteiger partial charge in [-0.15, -0.1) is 0 Å². The number of carbonyl (C=O) groups is 1. The first kappa shape index (κ1) is 19.2. The van der Waals surface area contributed by atoms with E-state index in [-0.39, 0.29) is 0 Å². The summed E-state index contributed by atoms with van der Waals surface area (Å²) in [6, 6.07) is 11.1. The summed E-state index contributed by atoms with van der Waals surface area (Å²) in [5.74, 6) is 0.672. The van der Waals surface area contributed by atoms with E-state index in [2.05, 4.69) is 54.0 Å². The van der Waals surface area contributed by atoms with E-state index in [0.717, 1.165) is 38.9 Å². The SMILES string of the molecule is C/C(=C\c1ccccc1)CN(CCCN1CCCCC1C)C(=O)C1CC1. The Bertz CT molecular complexity index is 606. The van der Waals surface area contributed by atoms with E-state index in [1.165, 1.54) is 36.9 Å². The second-order valence-electron chi connectivity index (χ2n) is 8.17. The molecule has 1 saturated heterocycles. The third-order valence-corrected chi connectivity index (χ3v) is 5.71. The first-order valence-electron chi connectivity index (χ1n) is 10.4. The van der Waals surface area contributed by atoms with Crippen molar-refractivity contribution in [1.29, 1.82) is 0 Å². The molecule has 2 aliphatic rings. The van der Waals surface area contributed by atoms with E-state index >= 15 is 0 Å². The van der Waals surface area contributed by atoms with Crippen molar-refractivity contribution >= 4 is 12.0 Å². The Kier molecular flexibility index (Phi) is 6.90. The summed E-state index contributed by atoms with van der Waals surface area (Å²) in [4.78, 5) is 17.4. The summed E-state index contributed by atoms with van der Waals surface area (Å²) >= 11 is 0. The van der Waals surface area contributed by atoms with Crippen molar-refractivity contribution in [2.24, 2.45) is 5.92 Å². The first-order valence-corrected chi connectivity index (χ1v) is 10.4. The molecular weight excluding hydrogens is 320 g/mol. The molecular formula is C23H34N2O. The molecule has 3 nitrogen and oxygen atoms in total. The Balaban J connectivity index is 1.54. The van der Waals surface area contributed by atoms with E-state index in [0.29, 0.717) is 17.9 Å². The largest absolute Gasteiger partial charge is 0.338 e. The minimum atomic E-state index is 0.299.